The Hall–Kier alpha value is -1.10. The number of carboxylic acid groups (broad SMARTS) is 1. The van der Waals surface area contributed by atoms with Crippen LogP contribution in [0.4, 0.5) is 0 Å². The second-order valence-corrected chi connectivity index (χ2v) is 3.75. The van der Waals surface area contributed by atoms with Gasteiger partial charge < -0.3 is 15.2 Å². The highest BCUT2D eigenvalue weighted by molar-refractivity contribution is 5.85. The third-order valence-electron chi connectivity index (χ3n) is 2.49. The van der Waals surface area contributed by atoms with Crippen LogP contribution in [0, 0.1) is 5.92 Å². The van der Waals surface area contributed by atoms with E-state index in [-0.39, 0.29) is 11.8 Å². The number of aliphatic carboxylic acids is 1. The minimum atomic E-state index is -0.968. The van der Waals surface area contributed by atoms with E-state index in [2.05, 4.69) is 5.32 Å². The highest BCUT2D eigenvalue weighted by Crippen LogP contribution is 2.12. The molecule has 0 bridgehead atoms. The number of nitrogens with one attached hydrogen (secondary N) is 1. The predicted octanol–water partition coefficient (Wildman–Crippen LogP) is 0.392. The standard InChI is InChI=1S/C10H17NO4/c1-2-3-8(10(13)14)11-9(12)7-4-5-15-6-7/h7-8H,2-6H2,1H3,(H,11,12)(H,13,14)/t7?,8-/m0/s1. The maximum atomic E-state index is 11.6. The molecular formula is C10H17NO4. The average Bonchev–Trinajstić information content (AvgIpc) is 2.69. The van der Waals surface area contributed by atoms with Crippen molar-refractivity contribution in [1.82, 2.24) is 5.32 Å². The molecule has 5 heteroatoms. The smallest absolute Gasteiger partial charge is 0.326 e. The van der Waals surface area contributed by atoms with Gasteiger partial charge >= 0.3 is 5.97 Å². The monoisotopic (exact) mass is 215 g/mol. The number of carbonyl (C=O) groups is 2. The first-order valence-electron chi connectivity index (χ1n) is 5.26. The molecule has 1 aliphatic rings. The average molecular weight is 215 g/mol. The molecule has 15 heavy (non-hydrogen) atoms. The molecule has 2 atom stereocenters. The van der Waals surface area contributed by atoms with Crippen molar-refractivity contribution in [3.8, 4) is 0 Å². The Kier molecular flexibility index (Phi) is 4.55. The summed E-state index contributed by atoms with van der Waals surface area (Å²) >= 11 is 0. The lowest BCUT2D eigenvalue weighted by Gasteiger charge is -2.15. The first-order valence-corrected chi connectivity index (χ1v) is 5.26. The van der Waals surface area contributed by atoms with Crippen LogP contribution in [-0.2, 0) is 14.3 Å². The number of amides is 1. The summed E-state index contributed by atoms with van der Waals surface area (Å²) in [5.41, 5.74) is 0. The summed E-state index contributed by atoms with van der Waals surface area (Å²) in [6, 6.07) is -0.761. The van der Waals surface area contributed by atoms with E-state index in [1.165, 1.54) is 0 Å². The number of hydrogen-bond donors (Lipinski definition) is 2. The van der Waals surface area contributed by atoms with Gasteiger partial charge in [-0.3, -0.25) is 4.79 Å². The van der Waals surface area contributed by atoms with Gasteiger partial charge in [-0.2, -0.15) is 0 Å². The molecule has 2 N–H and O–H groups in total. The zero-order valence-electron chi connectivity index (χ0n) is 8.86. The molecule has 0 aromatic carbocycles. The van der Waals surface area contributed by atoms with Gasteiger partial charge in [-0.25, -0.2) is 4.79 Å². The number of carboxylic acids is 1. The van der Waals surface area contributed by atoms with Crippen LogP contribution in [0.5, 0.6) is 0 Å². The molecule has 0 radical (unpaired) electrons. The molecule has 0 aliphatic carbocycles. The summed E-state index contributed by atoms with van der Waals surface area (Å²) in [7, 11) is 0. The molecule has 1 amide bonds. The molecule has 0 aromatic rings. The van der Waals surface area contributed by atoms with Crippen LogP contribution in [0.25, 0.3) is 0 Å². The number of ether oxygens (including phenoxy) is 1. The van der Waals surface area contributed by atoms with Crippen molar-refractivity contribution in [2.75, 3.05) is 13.2 Å². The lowest BCUT2D eigenvalue weighted by Crippen LogP contribution is -2.43. The fourth-order valence-corrected chi connectivity index (χ4v) is 1.58. The SMILES string of the molecule is CCC[C@H](NC(=O)C1CCOC1)C(=O)O. The lowest BCUT2D eigenvalue weighted by atomic mass is 10.1. The van der Waals surface area contributed by atoms with Crippen molar-refractivity contribution in [2.45, 2.75) is 32.2 Å². The molecule has 1 fully saturated rings. The van der Waals surface area contributed by atoms with Crippen molar-refractivity contribution in [2.24, 2.45) is 5.92 Å². The molecule has 0 saturated carbocycles. The number of carbonyl (C=O) groups excluding carboxylic acids is 1. The summed E-state index contributed by atoms with van der Waals surface area (Å²) < 4.78 is 5.07. The molecule has 1 aliphatic heterocycles. The van der Waals surface area contributed by atoms with E-state index in [4.69, 9.17) is 9.84 Å². The maximum absolute atomic E-state index is 11.6. The van der Waals surface area contributed by atoms with Crippen LogP contribution >= 0.6 is 0 Å². The Balaban J connectivity index is 2.42. The minimum Gasteiger partial charge on any atom is -0.480 e. The van der Waals surface area contributed by atoms with Gasteiger partial charge in [0.1, 0.15) is 6.04 Å². The van der Waals surface area contributed by atoms with Crippen LogP contribution in [0.2, 0.25) is 0 Å². The van der Waals surface area contributed by atoms with E-state index in [9.17, 15) is 9.59 Å². The fraction of sp³-hybridized carbons (Fsp3) is 0.800. The van der Waals surface area contributed by atoms with Crippen LogP contribution in [0.1, 0.15) is 26.2 Å². The Morgan fingerprint density at radius 2 is 2.33 bits per heavy atom. The zero-order valence-corrected chi connectivity index (χ0v) is 8.86. The van der Waals surface area contributed by atoms with Crippen LogP contribution < -0.4 is 5.32 Å². The number of hydrogen-bond acceptors (Lipinski definition) is 3. The molecular weight excluding hydrogens is 198 g/mol. The Morgan fingerprint density at radius 1 is 1.60 bits per heavy atom. The Labute approximate surface area is 88.8 Å². The van der Waals surface area contributed by atoms with Gasteiger partial charge in [-0.1, -0.05) is 13.3 Å². The number of rotatable bonds is 5. The summed E-state index contributed by atoms with van der Waals surface area (Å²) in [6.45, 7) is 2.88. The van der Waals surface area contributed by atoms with Gasteiger partial charge in [0.2, 0.25) is 5.91 Å². The summed E-state index contributed by atoms with van der Waals surface area (Å²) in [4.78, 5) is 22.4. The van der Waals surface area contributed by atoms with Crippen molar-refractivity contribution in [3.05, 3.63) is 0 Å². The van der Waals surface area contributed by atoms with E-state index in [0.717, 1.165) is 6.42 Å². The topological polar surface area (TPSA) is 75.6 Å². The first-order chi connectivity index (χ1) is 7.15. The summed E-state index contributed by atoms with van der Waals surface area (Å²) in [6.07, 6.45) is 1.89. The predicted molar refractivity (Wildman–Crippen MR) is 53.4 cm³/mol. The summed E-state index contributed by atoms with van der Waals surface area (Å²) in [5, 5.41) is 11.4. The molecule has 1 rings (SSSR count). The normalized spacial score (nSPS) is 22.3. The molecule has 0 aromatic heterocycles. The van der Waals surface area contributed by atoms with Gasteiger partial charge in [0.25, 0.3) is 0 Å². The zero-order chi connectivity index (χ0) is 11.3. The Morgan fingerprint density at radius 3 is 2.80 bits per heavy atom. The largest absolute Gasteiger partial charge is 0.480 e. The molecule has 5 nitrogen and oxygen atoms in total. The molecule has 1 unspecified atom stereocenters. The van der Waals surface area contributed by atoms with Crippen molar-refractivity contribution < 1.29 is 19.4 Å². The van der Waals surface area contributed by atoms with Crippen LogP contribution in [0.15, 0.2) is 0 Å². The second-order valence-electron chi connectivity index (χ2n) is 3.75. The van der Waals surface area contributed by atoms with E-state index in [1.54, 1.807) is 0 Å². The van der Waals surface area contributed by atoms with E-state index in [0.29, 0.717) is 26.1 Å². The van der Waals surface area contributed by atoms with E-state index in [1.807, 2.05) is 6.92 Å². The first kappa shape index (κ1) is 12.0. The fourth-order valence-electron chi connectivity index (χ4n) is 1.58. The van der Waals surface area contributed by atoms with Gasteiger partial charge in [0.05, 0.1) is 12.5 Å². The molecule has 86 valence electrons. The van der Waals surface area contributed by atoms with Crippen LogP contribution in [-0.4, -0.2) is 36.2 Å². The highest BCUT2D eigenvalue weighted by Gasteiger charge is 2.27. The van der Waals surface area contributed by atoms with Crippen molar-refractivity contribution in [3.63, 3.8) is 0 Å². The molecule has 1 saturated heterocycles. The quantitative estimate of drug-likeness (QED) is 0.695. The Bertz CT molecular complexity index is 236. The van der Waals surface area contributed by atoms with Crippen molar-refractivity contribution in [1.29, 1.82) is 0 Å². The summed E-state index contributed by atoms with van der Waals surface area (Å²) in [5.74, 6) is -1.35. The third-order valence-corrected chi connectivity index (χ3v) is 2.49. The van der Waals surface area contributed by atoms with Gasteiger partial charge in [0, 0.05) is 6.61 Å². The van der Waals surface area contributed by atoms with Gasteiger partial charge in [-0.15, -0.1) is 0 Å². The lowest BCUT2D eigenvalue weighted by molar-refractivity contribution is -0.142. The van der Waals surface area contributed by atoms with Crippen LogP contribution in [0.3, 0.4) is 0 Å². The maximum Gasteiger partial charge on any atom is 0.326 e. The minimum absolute atomic E-state index is 0.177. The molecule has 1 heterocycles. The second kappa shape index (κ2) is 5.70. The van der Waals surface area contributed by atoms with Gasteiger partial charge in [0.15, 0.2) is 0 Å². The van der Waals surface area contributed by atoms with Gasteiger partial charge in [-0.05, 0) is 12.8 Å². The van der Waals surface area contributed by atoms with Crippen molar-refractivity contribution >= 4 is 11.9 Å². The van der Waals surface area contributed by atoms with E-state index < -0.39 is 12.0 Å². The van der Waals surface area contributed by atoms with E-state index >= 15 is 0 Å². The third kappa shape index (κ3) is 3.51. The molecule has 0 spiro atoms. The highest BCUT2D eigenvalue weighted by atomic mass is 16.5.